The SMILES string of the molecule is CCCCCCC/C=C\C/C=C\C/C=C\CCCCCCCCCCCOCC(COP(=O)(O)OC1C(O)C(O)C(O)C(O)C1O)OC(=O)CCCCCCCCCCC/C=C\CCCCCCCC. The van der Waals surface area contributed by atoms with E-state index >= 15 is 0 Å². The van der Waals surface area contributed by atoms with E-state index in [1.54, 1.807) is 0 Å². The van der Waals surface area contributed by atoms with Gasteiger partial charge in [-0.15, -0.1) is 0 Å². The van der Waals surface area contributed by atoms with Crippen LogP contribution >= 0.6 is 7.82 Å². The van der Waals surface area contributed by atoms with Crippen LogP contribution in [0.3, 0.4) is 0 Å². The second kappa shape index (κ2) is 47.0. The Hall–Kier alpha value is -1.70. The van der Waals surface area contributed by atoms with Gasteiger partial charge in [0.15, 0.2) is 0 Å². The molecule has 1 fully saturated rings. The zero-order valence-electron chi connectivity index (χ0n) is 44.3. The molecule has 6 atom stereocenters. The molecule has 0 amide bonds. The lowest BCUT2D eigenvalue weighted by Gasteiger charge is -2.41. The van der Waals surface area contributed by atoms with Crippen LogP contribution in [0.4, 0.5) is 0 Å². The van der Waals surface area contributed by atoms with Gasteiger partial charge in [0.1, 0.15) is 42.7 Å². The Morgan fingerprint density at radius 2 is 0.800 bits per heavy atom. The highest BCUT2D eigenvalue weighted by atomic mass is 31.2. The van der Waals surface area contributed by atoms with Crippen LogP contribution < -0.4 is 0 Å². The maximum absolute atomic E-state index is 12.9. The highest BCUT2D eigenvalue weighted by Crippen LogP contribution is 2.47. The van der Waals surface area contributed by atoms with E-state index in [0.717, 1.165) is 64.2 Å². The Labute approximate surface area is 426 Å². The Bertz CT molecular complexity index is 1340. The van der Waals surface area contributed by atoms with E-state index in [-0.39, 0.29) is 13.0 Å². The quantitative estimate of drug-likeness (QED) is 0.0146. The van der Waals surface area contributed by atoms with Gasteiger partial charge >= 0.3 is 13.8 Å². The molecular formula is C57H105O12P. The van der Waals surface area contributed by atoms with Gasteiger partial charge in [0.25, 0.3) is 0 Å². The van der Waals surface area contributed by atoms with Gasteiger partial charge in [0.2, 0.25) is 0 Å². The van der Waals surface area contributed by atoms with Crippen LogP contribution in [0.1, 0.15) is 245 Å². The summed E-state index contributed by atoms with van der Waals surface area (Å²) in [5, 5.41) is 50.4. The number of aliphatic hydroxyl groups excluding tert-OH is 5. The summed E-state index contributed by atoms with van der Waals surface area (Å²) in [6, 6.07) is 0. The van der Waals surface area contributed by atoms with E-state index in [2.05, 4.69) is 62.5 Å². The number of phosphoric ester groups is 1. The van der Waals surface area contributed by atoms with Crippen molar-refractivity contribution in [3.8, 4) is 0 Å². The topological polar surface area (TPSA) is 192 Å². The Morgan fingerprint density at radius 3 is 1.23 bits per heavy atom. The molecule has 1 saturated carbocycles. The van der Waals surface area contributed by atoms with Crippen molar-refractivity contribution >= 4 is 13.8 Å². The predicted molar refractivity (Wildman–Crippen MR) is 286 cm³/mol. The molecule has 0 aromatic carbocycles. The Morgan fingerprint density at radius 1 is 0.457 bits per heavy atom. The molecule has 0 heterocycles. The molecule has 0 saturated heterocycles. The fraction of sp³-hybridized carbons (Fsp3) is 0.842. The van der Waals surface area contributed by atoms with E-state index < -0.39 is 63.1 Å². The highest BCUT2D eigenvalue weighted by Gasteiger charge is 2.51. The molecule has 0 aromatic heterocycles. The number of aliphatic hydroxyl groups is 5. The largest absolute Gasteiger partial charge is 0.472 e. The number of hydrogen-bond acceptors (Lipinski definition) is 11. The summed E-state index contributed by atoms with van der Waals surface area (Å²) in [6.45, 7) is 4.26. The van der Waals surface area contributed by atoms with Crippen LogP contribution in [0.15, 0.2) is 48.6 Å². The molecule has 0 radical (unpaired) electrons. The second-order valence-electron chi connectivity index (χ2n) is 19.8. The van der Waals surface area contributed by atoms with Crippen LogP contribution in [-0.4, -0.2) is 98.9 Å². The van der Waals surface area contributed by atoms with Crippen LogP contribution in [-0.2, 0) is 27.9 Å². The Kier molecular flexibility index (Phi) is 44.6. The minimum Gasteiger partial charge on any atom is -0.457 e. The van der Waals surface area contributed by atoms with E-state index in [4.69, 9.17) is 18.5 Å². The van der Waals surface area contributed by atoms with Crippen molar-refractivity contribution in [1.29, 1.82) is 0 Å². The third kappa shape index (κ3) is 38.0. The molecule has 1 rings (SSSR count). The third-order valence-electron chi connectivity index (χ3n) is 13.2. The van der Waals surface area contributed by atoms with Crippen molar-refractivity contribution in [1.82, 2.24) is 0 Å². The number of unbranched alkanes of at least 4 members (excludes halogenated alkanes) is 29. The van der Waals surface area contributed by atoms with E-state index in [1.165, 1.54) is 154 Å². The lowest BCUT2D eigenvalue weighted by atomic mass is 9.85. The number of esters is 1. The molecule has 12 nitrogen and oxygen atoms in total. The fourth-order valence-electron chi connectivity index (χ4n) is 8.65. The molecule has 0 bridgehead atoms. The van der Waals surface area contributed by atoms with E-state index in [9.17, 15) is 39.8 Å². The van der Waals surface area contributed by atoms with E-state index in [1.807, 2.05) is 0 Å². The second-order valence-corrected chi connectivity index (χ2v) is 21.2. The number of ether oxygens (including phenoxy) is 2. The zero-order chi connectivity index (χ0) is 51.2. The molecule has 1 aliphatic rings. The number of hydrogen-bond donors (Lipinski definition) is 6. The maximum atomic E-state index is 12.9. The number of allylic oxidation sites excluding steroid dienone is 8. The molecular weight excluding hydrogens is 908 g/mol. The molecule has 1 aliphatic carbocycles. The maximum Gasteiger partial charge on any atom is 0.472 e. The third-order valence-corrected chi connectivity index (χ3v) is 14.2. The minimum atomic E-state index is -5.03. The van der Waals surface area contributed by atoms with Crippen molar-refractivity contribution in [2.75, 3.05) is 19.8 Å². The first-order chi connectivity index (χ1) is 34.0. The first-order valence-corrected chi connectivity index (χ1v) is 30.0. The van der Waals surface area contributed by atoms with Gasteiger partial charge in [-0.2, -0.15) is 0 Å². The first-order valence-electron chi connectivity index (χ1n) is 28.5. The lowest BCUT2D eigenvalue weighted by molar-refractivity contribution is -0.220. The molecule has 0 spiro atoms. The highest BCUT2D eigenvalue weighted by molar-refractivity contribution is 7.47. The molecule has 13 heteroatoms. The van der Waals surface area contributed by atoms with Crippen molar-refractivity contribution < 1.29 is 58.3 Å². The number of phosphoric acid groups is 1. The number of carbonyl (C=O) groups is 1. The average Bonchev–Trinajstić information content (AvgIpc) is 3.35. The summed E-state index contributed by atoms with van der Waals surface area (Å²) in [5.41, 5.74) is 0. The van der Waals surface area contributed by atoms with Gasteiger partial charge in [-0.05, 0) is 77.0 Å². The minimum absolute atomic E-state index is 0.0810. The van der Waals surface area contributed by atoms with Gasteiger partial charge in [-0.1, -0.05) is 210 Å². The summed E-state index contributed by atoms with van der Waals surface area (Å²) in [4.78, 5) is 23.3. The summed E-state index contributed by atoms with van der Waals surface area (Å²) < 4.78 is 34.4. The molecule has 410 valence electrons. The first kappa shape index (κ1) is 66.3. The number of rotatable bonds is 49. The Balaban J connectivity index is 2.30. The van der Waals surface area contributed by atoms with Gasteiger partial charge in [-0.25, -0.2) is 4.57 Å². The standard InChI is InChI=1S/C57H105O12P/c1-3-5-7-9-11-13-15-17-19-21-23-24-25-26-27-29-31-33-35-37-39-41-43-45-47-66-48-50(49-67-70(64,65)69-57-55(62)53(60)52(59)54(61)56(57)63)68-51(58)46-44-42-40-38-36-34-32-30-28-22-20-18-16-14-12-10-8-6-4-2/h15,17-18,20-21,23,25-26,50,52-57,59-63H,3-14,16,19,22,24,27-49H2,1-2H3,(H,64,65)/b17-15-,20-18-,23-21-,26-25-. The van der Waals surface area contributed by atoms with Crippen LogP contribution in [0.2, 0.25) is 0 Å². The van der Waals surface area contributed by atoms with Gasteiger partial charge in [0, 0.05) is 13.0 Å². The van der Waals surface area contributed by atoms with Crippen LogP contribution in [0, 0.1) is 0 Å². The van der Waals surface area contributed by atoms with Gasteiger partial charge < -0.3 is 39.9 Å². The molecule has 70 heavy (non-hydrogen) atoms. The van der Waals surface area contributed by atoms with Crippen molar-refractivity contribution in [3.05, 3.63) is 48.6 Å². The lowest BCUT2D eigenvalue weighted by Crippen LogP contribution is -2.64. The van der Waals surface area contributed by atoms with E-state index in [0.29, 0.717) is 13.0 Å². The van der Waals surface area contributed by atoms with Crippen molar-refractivity contribution in [3.63, 3.8) is 0 Å². The van der Waals surface area contributed by atoms with Crippen molar-refractivity contribution in [2.45, 2.75) is 288 Å². The molecule has 6 N–H and O–H groups in total. The molecule has 0 aromatic rings. The number of carbonyl (C=O) groups excluding carboxylic acids is 1. The van der Waals surface area contributed by atoms with Gasteiger partial charge in [-0.3, -0.25) is 13.8 Å². The smallest absolute Gasteiger partial charge is 0.457 e. The van der Waals surface area contributed by atoms with Gasteiger partial charge in [0.05, 0.1) is 13.2 Å². The molecule has 6 unspecified atom stereocenters. The van der Waals surface area contributed by atoms with Crippen molar-refractivity contribution in [2.24, 2.45) is 0 Å². The summed E-state index contributed by atoms with van der Waals surface area (Å²) >= 11 is 0. The average molecular weight is 1010 g/mol. The normalized spacial score (nSPS) is 21.2. The summed E-state index contributed by atoms with van der Waals surface area (Å²) in [5.74, 6) is -0.480. The fourth-order valence-corrected chi connectivity index (χ4v) is 9.63. The van der Waals surface area contributed by atoms with Crippen LogP contribution in [0.25, 0.3) is 0 Å². The molecule has 0 aliphatic heterocycles. The zero-order valence-corrected chi connectivity index (χ0v) is 45.2. The summed E-state index contributed by atoms with van der Waals surface area (Å²) in [7, 11) is -5.03. The predicted octanol–water partition coefficient (Wildman–Crippen LogP) is 13.5. The summed E-state index contributed by atoms with van der Waals surface area (Å²) in [6.07, 6.45) is 47.4. The van der Waals surface area contributed by atoms with Crippen LogP contribution in [0.5, 0.6) is 0 Å². The monoisotopic (exact) mass is 1010 g/mol.